The number of aliphatic hydroxyl groups is 1. The van der Waals surface area contributed by atoms with E-state index in [1.807, 2.05) is 13.8 Å². The second kappa shape index (κ2) is 5.61. The van der Waals surface area contributed by atoms with Crippen LogP contribution in [0.4, 0.5) is 0 Å². The minimum absolute atomic E-state index is 0.00648. The molecule has 0 aliphatic rings. The lowest BCUT2D eigenvalue weighted by Gasteiger charge is -2.14. The predicted molar refractivity (Wildman–Crippen MR) is 62.7 cm³/mol. The molecule has 1 aromatic rings. The fourth-order valence-corrected chi connectivity index (χ4v) is 2.23. The average molecular weight is 262 g/mol. The average Bonchev–Trinajstić information content (AvgIpc) is 2.59. The molecule has 1 aromatic heterocycles. The Hall–Kier alpha value is -0.920. The molecule has 0 saturated carbocycles. The first-order chi connectivity index (χ1) is 7.80. The maximum atomic E-state index is 11.6. The van der Waals surface area contributed by atoms with E-state index >= 15 is 0 Å². The fourth-order valence-electron chi connectivity index (χ4n) is 1.18. The van der Waals surface area contributed by atoms with Crippen molar-refractivity contribution in [3.05, 3.63) is 17.5 Å². The van der Waals surface area contributed by atoms with Crippen molar-refractivity contribution in [1.82, 2.24) is 9.88 Å². The summed E-state index contributed by atoms with van der Waals surface area (Å²) < 4.78 is 30.4. The molecule has 1 atom stereocenters. The van der Waals surface area contributed by atoms with E-state index in [1.54, 1.807) is 13.0 Å². The molecule has 0 radical (unpaired) electrons. The van der Waals surface area contributed by atoms with Crippen LogP contribution in [0.25, 0.3) is 0 Å². The van der Waals surface area contributed by atoms with Crippen molar-refractivity contribution in [3.63, 3.8) is 0 Å². The van der Waals surface area contributed by atoms with Crippen LogP contribution in [-0.4, -0.2) is 31.3 Å². The van der Waals surface area contributed by atoms with Crippen LogP contribution in [0.15, 0.2) is 10.6 Å². The molecule has 0 aliphatic carbocycles. The Bertz CT molecular complexity index is 453. The van der Waals surface area contributed by atoms with Crippen molar-refractivity contribution in [2.75, 3.05) is 6.54 Å². The summed E-state index contributed by atoms with van der Waals surface area (Å²) in [6.07, 6.45) is -0.691. The molecule has 1 heterocycles. The summed E-state index contributed by atoms with van der Waals surface area (Å²) in [7, 11) is -3.48. The Morgan fingerprint density at radius 2 is 2.18 bits per heavy atom. The van der Waals surface area contributed by atoms with Gasteiger partial charge in [-0.15, -0.1) is 0 Å². The lowest BCUT2D eigenvalue weighted by molar-refractivity contribution is 0.129. The van der Waals surface area contributed by atoms with Crippen molar-refractivity contribution < 1.29 is 18.0 Å². The van der Waals surface area contributed by atoms with Crippen molar-refractivity contribution in [2.45, 2.75) is 32.6 Å². The molecule has 2 N–H and O–H groups in total. The number of nitrogens with one attached hydrogen (secondary N) is 1. The second-order valence-corrected chi connectivity index (χ2v) is 6.15. The van der Waals surface area contributed by atoms with Crippen molar-refractivity contribution >= 4 is 10.0 Å². The number of aromatic nitrogens is 1. The number of rotatable bonds is 6. The normalized spacial score (nSPS) is 14.2. The van der Waals surface area contributed by atoms with Gasteiger partial charge in [0.1, 0.15) is 17.2 Å². The van der Waals surface area contributed by atoms with Crippen LogP contribution >= 0.6 is 0 Å². The Morgan fingerprint density at radius 3 is 2.65 bits per heavy atom. The van der Waals surface area contributed by atoms with E-state index in [1.165, 1.54) is 0 Å². The van der Waals surface area contributed by atoms with Crippen LogP contribution in [0.3, 0.4) is 0 Å². The topological polar surface area (TPSA) is 92.4 Å². The fraction of sp³-hybridized carbons (Fsp3) is 0.700. The van der Waals surface area contributed by atoms with Crippen molar-refractivity contribution in [3.8, 4) is 0 Å². The van der Waals surface area contributed by atoms with E-state index in [-0.39, 0.29) is 18.2 Å². The highest BCUT2D eigenvalue weighted by Gasteiger charge is 2.17. The molecular formula is C10H18N2O4S. The molecule has 17 heavy (non-hydrogen) atoms. The Morgan fingerprint density at radius 1 is 1.53 bits per heavy atom. The van der Waals surface area contributed by atoms with E-state index in [2.05, 4.69) is 9.88 Å². The third-order valence-corrected chi connectivity index (χ3v) is 3.58. The van der Waals surface area contributed by atoms with Gasteiger partial charge in [-0.3, -0.25) is 0 Å². The highest BCUT2D eigenvalue weighted by Crippen LogP contribution is 2.06. The van der Waals surface area contributed by atoms with E-state index in [9.17, 15) is 13.5 Å². The SMILES string of the molecule is Cc1cc(CS(=O)(=O)NCC(O)C(C)C)no1. The van der Waals surface area contributed by atoms with Gasteiger partial charge in [-0.2, -0.15) is 0 Å². The minimum atomic E-state index is -3.48. The van der Waals surface area contributed by atoms with Crippen molar-refractivity contribution in [1.29, 1.82) is 0 Å². The number of hydrogen-bond donors (Lipinski definition) is 2. The zero-order valence-corrected chi connectivity index (χ0v) is 11.0. The zero-order valence-electron chi connectivity index (χ0n) is 10.2. The molecule has 0 saturated heterocycles. The quantitative estimate of drug-likeness (QED) is 0.775. The van der Waals surface area contributed by atoms with E-state index < -0.39 is 16.1 Å². The maximum absolute atomic E-state index is 11.6. The number of nitrogens with zero attached hydrogens (tertiary/aromatic N) is 1. The summed E-state index contributed by atoms with van der Waals surface area (Å²) in [4.78, 5) is 0. The molecule has 7 heteroatoms. The second-order valence-electron chi connectivity index (χ2n) is 4.35. The van der Waals surface area contributed by atoms with E-state index in [4.69, 9.17) is 4.52 Å². The van der Waals surface area contributed by atoms with Gasteiger partial charge in [0, 0.05) is 12.6 Å². The van der Waals surface area contributed by atoms with Gasteiger partial charge in [-0.05, 0) is 12.8 Å². The molecule has 1 unspecified atom stereocenters. The van der Waals surface area contributed by atoms with Crippen LogP contribution in [0.2, 0.25) is 0 Å². The molecule has 1 rings (SSSR count). The summed E-state index contributed by atoms with van der Waals surface area (Å²) in [6, 6.07) is 1.57. The van der Waals surface area contributed by atoms with Gasteiger partial charge >= 0.3 is 0 Å². The van der Waals surface area contributed by atoms with Crippen LogP contribution in [0, 0.1) is 12.8 Å². The molecule has 6 nitrogen and oxygen atoms in total. The smallest absolute Gasteiger partial charge is 0.217 e. The van der Waals surface area contributed by atoms with E-state index in [0.717, 1.165) is 0 Å². The number of hydrogen-bond acceptors (Lipinski definition) is 5. The standard InChI is InChI=1S/C10H18N2O4S/c1-7(2)10(13)5-11-17(14,15)6-9-4-8(3)16-12-9/h4,7,10-11,13H,5-6H2,1-3H3. The molecule has 0 fully saturated rings. The molecular weight excluding hydrogens is 244 g/mol. The van der Waals surface area contributed by atoms with Crippen molar-refractivity contribution in [2.24, 2.45) is 5.92 Å². The van der Waals surface area contributed by atoms with Crippen LogP contribution in [0.5, 0.6) is 0 Å². The molecule has 0 bridgehead atoms. The minimum Gasteiger partial charge on any atom is -0.391 e. The van der Waals surface area contributed by atoms with E-state index in [0.29, 0.717) is 11.5 Å². The highest BCUT2D eigenvalue weighted by molar-refractivity contribution is 7.88. The van der Waals surface area contributed by atoms with Crippen LogP contribution < -0.4 is 4.72 Å². The third kappa shape index (κ3) is 4.84. The third-order valence-electron chi connectivity index (χ3n) is 2.30. The number of aryl methyl sites for hydroxylation is 1. The van der Waals surface area contributed by atoms with Gasteiger partial charge in [0.2, 0.25) is 10.0 Å². The lowest BCUT2D eigenvalue weighted by Crippen LogP contribution is -2.35. The molecule has 0 aromatic carbocycles. The molecule has 0 aliphatic heterocycles. The monoisotopic (exact) mass is 262 g/mol. The lowest BCUT2D eigenvalue weighted by atomic mass is 10.1. The molecule has 0 amide bonds. The summed E-state index contributed by atoms with van der Waals surface area (Å²) in [5.41, 5.74) is 0.356. The summed E-state index contributed by atoms with van der Waals surface area (Å²) in [5, 5.41) is 13.1. The van der Waals surface area contributed by atoms with Gasteiger partial charge in [-0.25, -0.2) is 13.1 Å². The first-order valence-corrected chi connectivity index (χ1v) is 7.03. The van der Waals surface area contributed by atoms with Gasteiger partial charge in [0.25, 0.3) is 0 Å². The summed E-state index contributed by atoms with van der Waals surface area (Å²) in [5.74, 6) is 0.333. The van der Waals surface area contributed by atoms with Gasteiger partial charge < -0.3 is 9.63 Å². The Kier molecular flexibility index (Phi) is 4.67. The first-order valence-electron chi connectivity index (χ1n) is 5.38. The Labute approximate surface area is 101 Å². The largest absolute Gasteiger partial charge is 0.391 e. The number of aliphatic hydroxyl groups excluding tert-OH is 1. The highest BCUT2D eigenvalue weighted by atomic mass is 32.2. The summed E-state index contributed by atoms with van der Waals surface area (Å²) in [6.45, 7) is 5.34. The van der Waals surface area contributed by atoms with Crippen LogP contribution in [-0.2, 0) is 15.8 Å². The molecule has 0 spiro atoms. The first kappa shape index (κ1) is 14.1. The van der Waals surface area contributed by atoms with Gasteiger partial charge in [0.15, 0.2) is 0 Å². The maximum Gasteiger partial charge on any atom is 0.217 e. The zero-order chi connectivity index (χ0) is 13.1. The van der Waals surface area contributed by atoms with Gasteiger partial charge in [-0.1, -0.05) is 19.0 Å². The predicted octanol–water partition coefficient (Wildman–Crippen LogP) is 0.419. The molecule has 98 valence electrons. The Balaban J connectivity index is 2.52. The number of sulfonamides is 1. The van der Waals surface area contributed by atoms with Gasteiger partial charge in [0.05, 0.1) is 6.10 Å². The summed E-state index contributed by atoms with van der Waals surface area (Å²) >= 11 is 0. The van der Waals surface area contributed by atoms with Crippen LogP contribution in [0.1, 0.15) is 25.3 Å².